The van der Waals surface area contributed by atoms with E-state index in [4.69, 9.17) is 23.2 Å². The molecule has 0 aliphatic heterocycles. The van der Waals surface area contributed by atoms with Crippen molar-refractivity contribution in [3.8, 4) is 0 Å². The van der Waals surface area contributed by atoms with Crippen LogP contribution in [0.25, 0.3) is 0 Å². The summed E-state index contributed by atoms with van der Waals surface area (Å²) in [6.45, 7) is 2.09. The van der Waals surface area contributed by atoms with Crippen LogP contribution in [0.5, 0.6) is 0 Å². The van der Waals surface area contributed by atoms with E-state index < -0.39 is 0 Å². The zero-order valence-electron chi connectivity index (χ0n) is 10.7. The SMILES string of the molecule is CCC(CCl)(CCl)Nc1ncnc2c1CCCC2. The van der Waals surface area contributed by atoms with Crippen LogP contribution in [0.1, 0.15) is 37.4 Å². The van der Waals surface area contributed by atoms with Gasteiger partial charge in [0.15, 0.2) is 0 Å². The molecule has 1 N–H and O–H groups in total. The minimum atomic E-state index is -0.275. The first-order chi connectivity index (χ1) is 8.74. The van der Waals surface area contributed by atoms with Gasteiger partial charge in [0, 0.05) is 23.0 Å². The lowest BCUT2D eigenvalue weighted by molar-refractivity contribution is 0.553. The lowest BCUT2D eigenvalue weighted by Crippen LogP contribution is -2.42. The molecule has 5 heteroatoms. The number of nitrogens with one attached hydrogen (secondary N) is 1. The van der Waals surface area contributed by atoms with Gasteiger partial charge in [-0.2, -0.15) is 0 Å². The van der Waals surface area contributed by atoms with Crippen LogP contribution >= 0.6 is 23.2 Å². The van der Waals surface area contributed by atoms with Crippen molar-refractivity contribution in [2.24, 2.45) is 0 Å². The van der Waals surface area contributed by atoms with Crippen molar-refractivity contribution in [2.75, 3.05) is 17.1 Å². The highest BCUT2D eigenvalue weighted by Crippen LogP contribution is 2.28. The first-order valence-corrected chi connectivity index (χ1v) is 7.54. The second-order valence-electron chi connectivity index (χ2n) is 4.88. The number of hydrogen-bond donors (Lipinski definition) is 1. The van der Waals surface area contributed by atoms with E-state index in [1.54, 1.807) is 6.33 Å². The van der Waals surface area contributed by atoms with Crippen molar-refractivity contribution < 1.29 is 0 Å². The maximum atomic E-state index is 6.07. The van der Waals surface area contributed by atoms with Gasteiger partial charge >= 0.3 is 0 Å². The Morgan fingerprint density at radius 2 is 1.94 bits per heavy atom. The Kier molecular flexibility index (Phi) is 4.68. The molecule has 0 saturated carbocycles. The summed E-state index contributed by atoms with van der Waals surface area (Å²) in [4.78, 5) is 8.75. The monoisotopic (exact) mass is 287 g/mol. The number of halogens is 2. The van der Waals surface area contributed by atoms with Crippen LogP contribution in [0.3, 0.4) is 0 Å². The Morgan fingerprint density at radius 3 is 2.61 bits per heavy atom. The van der Waals surface area contributed by atoms with Gasteiger partial charge in [0.2, 0.25) is 0 Å². The van der Waals surface area contributed by atoms with Gasteiger partial charge in [-0.3, -0.25) is 0 Å². The number of anilines is 1. The van der Waals surface area contributed by atoms with Gasteiger partial charge in [-0.25, -0.2) is 9.97 Å². The molecule has 100 valence electrons. The molecule has 0 amide bonds. The van der Waals surface area contributed by atoms with E-state index >= 15 is 0 Å². The summed E-state index contributed by atoms with van der Waals surface area (Å²) in [5, 5.41) is 3.45. The Labute approximate surface area is 118 Å². The van der Waals surface area contributed by atoms with Gasteiger partial charge in [0.05, 0.1) is 5.54 Å². The fraction of sp³-hybridized carbons (Fsp3) is 0.692. The molecule has 0 radical (unpaired) electrons. The smallest absolute Gasteiger partial charge is 0.133 e. The van der Waals surface area contributed by atoms with E-state index in [2.05, 4.69) is 22.2 Å². The van der Waals surface area contributed by atoms with Crippen molar-refractivity contribution in [1.29, 1.82) is 0 Å². The molecule has 0 saturated heterocycles. The van der Waals surface area contributed by atoms with E-state index in [0.717, 1.165) is 25.1 Å². The molecule has 3 nitrogen and oxygen atoms in total. The Balaban J connectivity index is 2.28. The average molecular weight is 288 g/mol. The molecule has 18 heavy (non-hydrogen) atoms. The maximum Gasteiger partial charge on any atom is 0.133 e. The largest absolute Gasteiger partial charge is 0.362 e. The third kappa shape index (κ3) is 2.72. The molecular weight excluding hydrogens is 269 g/mol. The summed E-state index contributed by atoms with van der Waals surface area (Å²) in [5.74, 6) is 1.88. The van der Waals surface area contributed by atoms with E-state index in [-0.39, 0.29) is 5.54 Å². The van der Waals surface area contributed by atoms with Crippen molar-refractivity contribution in [1.82, 2.24) is 9.97 Å². The fourth-order valence-corrected chi connectivity index (χ4v) is 3.06. The summed E-state index contributed by atoms with van der Waals surface area (Å²) >= 11 is 12.1. The molecule has 0 unspecified atom stereocenters. The van der Waals surface area contributed by atoms with Gasteiger partial charge in [-0.15, -0.1) is 23.2 Å². The molecule has 0 aromatic carbocycles. The summed E-state index contributed by atoms with van der Waals surface area (Å²) < 4.78 is 0. The van der Waals surface area contributed by atoms with Crippen LogP contribution in [0.4, 0.5) is 5.82 Å². The molecule has 1 aliphatic carbocycles. The van der Waals surface area contributed by atoms with Crippen molar-refractivity contribution >= 4 is 29.0 Å². The van der Waals surface area contributed by atoms with Gasteiger partial charge in [0.1, 0.15) is 12.1 Å². The van der Waals surface area contributed by atoms with Crippen LogP contribution in [0, 0.1) is 0 Å². The summed E-state index contributed by atoms with van der Waals surface area (Å²) in [6, 6.07) is 0. The molecule has 1 aliphatic rings. The normalized spacial score (nSPS) is 15.3. The van der Waals surface area contributed by atoms with Crippen LogP contribution in [-0.2, 0) is 12.8 Å². The number of alkyl halides is 2. The predicted octanol–water partition coefficient (Wildman–Crippen LogP) is 3.39. The van der Waals surface area contributed by atoms with Gasteiger partial charge < -0.3 is 5.32 Å². The van der Waals surface area contributed by atoms with Crippen molar-refractivity contribution in [3.63, 3.8) is 0 Å². The first-order valence-electron chi connectivity index (χ1n) is 6.47. The molecule has 0 spiro atoms. The Bertz CT molecular complexity index is 397. The number of aromatic nitrogens is 2. The maximum absolute atomic E-state index is 6.07. The summed E-state index contributed by atoms with van der Waals surface area (Å²) in [7, 11) is 0. The van der Waals surface area contributed by atoms with E-state index in [0.29, 0.717) is 11.8 Å². The second-order valence-corrected chi connectivity index (χ2v) is 5.42. The summed E-state index contributed by atoms with van der Waals surface area (Å²) in [6.07, 6.45) is 7.02. The molecular formula is C13H19Cl2N3. The summed E-state index contributed by atoms with van der Waals surface area (Å²) in [5.41, 5.74) is 2.15. The Morgan fingerprint density at radius 1 is 1.22 bits per heavy atom. The number of rotatable bonds is 5. The second kappa shape index (κ2) is 6.07. The van der Waals surface area contributed by atoms with Crippen molar-refractivity contribution in [2.45, 2.75) is 44.6 Å². The fourth-order valence-electron chi connectivity index (χ4n) is 2.26. The topological polar surface area (TPSA) is 37.8 Å². The van der Waals surface area contributed by atoms with Crippen molar-refractivity contribution in [3.05, 3.63) is 17.6 Å². The van der Waals surface area contributed by atoms with Crippen LogP contribution in [0.2, 0.25) is 0 Å². The highest BCUT2D eigenvalue weighted by Gasteiger charge is 2.28. The molecule has 1 heterocycles. The first kappa shape index (κ1) is 13.9. The minimum Gasteiger partial charge on any atom is -0.362 e. The zero-order chi connectivity index (χ0) is 13.0. The highest BCUT2D eigenvalue weighted by atomic mass is 35.5. The van der Waals surface area contributed by atoms with Crippen LogP contribution in [-0.4, -0.2) is 27.3 Å². The number of aryl methyl sites for hydroxylation is 1. The van der Waals surface area contributed by atoms with Gasteiger partial charge in [-0.1, -0.05) is 6.92 Å². The number of fused-ring (bicyclic) bond motifs is 1. The minimum absolute atomic E-state index is 0.275. The average Bonchev–Trinajstić information content (AvgIpc) is 2.45. The lowest BCUT2D eigenvalue weighted by Gasteiger charge is -2.31. The standard InChI is InChI=1S/C13H19Cl2N3/c1-2-13(7-14,8-15)18-12-10-5-3-4-6-11(10)16-9-17-12/h9H,2-8H2,1H3,(H,16,17,18). The highest BCUT2D eigenvalue weighted by molar-refractivity contribution is 6.22. The lowest BCUT2D eigenvalue weighted by atomic mass is 9.95. The van der Waals surface area contributed by atoms with Crippen LogP contribution < -0.4 is 5.32 Å². The predicted molar refractivity (Wildman–Crippen MR) is 76.8 cm³/mol. The molecule has 0 fully saturated rings. The number of hydrogen-bond acceptors (Lipinski definition) is 3. The van der Waals surface area contributed by atoms with Gasteiger partial charge in [-0.05, 0) is 32.1 Å². The van der Waals surface area contributed by atoms with Crippen LogP contribution in [0.15, 0.2) is 6.33 Å². The third-order valence-corrected chi connectivity index (χ3v) is 4.72. The number of nitrogens with zero attached hydrogens (tertiary/aromatic N) is 2. The molecule has 2 rings (SSSR count). The van der Waals surface area contributed by atoms with E-state index in [1.165, 1.54) is 24.1 Å². The van der Waals surface area contributed by atoms with Gasteiger partial charge in [0.25, 0.3) is 0 Å². The third-order valence-electron chi connectivity index (χ3n) is 3.70. The molecule has 1 aromatic rings. The Hall–Kier alpha value is -0.540. The zero-order valence-corrected chi connectivity index (χ0v) is 12.2. The molecule has 0 bridgehead atoms. The van der Waals surface area contributed by atoms with E-state index in [1.807, 2.05) is 0 Å². The van der Waals surface area contributed by atoms with E-state index in [9.17, 15) is 0 Å². The molecule has 0 atom stereocenters. The molecule has 1 aromatic heterocycles. The quantitative estimate of drug-likeness (QED) is 0.844.